The Morgan fingerprint density at radius 3 is 2.63 bits per heavy atom. The average molecular weight is 301 g/mol. The summed E-state index contributed by atoms with van der Waals surface area (Å²) in [5, 5.41) is 0.221. The molecule has 0 atom stereocenters. The van der Waals surface area contributed by atoms with E-state index >= 15 is 0 Å². The van der Waals surface area contributed by atoms with Crippen LogP contribution in [0.15, 0.2) is 28.7 Å². The van der Waals surface area contributed by atoms with E-state index in [1.165, 1.54) is 10.4 Å². The van der Waals surface area contributed by atoms with Crippen LogP contribution < -0.4 is 5.73 Å². The van der Waals surface area contributed by atoms with Crippen molar-refractivity contribution < 1.29 is 8.42 Å². The Morgan fingerprint density at radius 2 is 2.00 bits per heavy atom. The third kappa shape index (κ3) is 2.78. The number of benzene rings is 1. The van der Waals surface area contributed by atoms with E-state index in [2.05, 4.69) is 6.08 Å². The Hall–Kier alpha value is -1.04. The van der Waals surface area contributed by atoms with E-state index in [0.717, 1.165) is 17.6 Å². The van der Waals surface area contributed by atoms with Gasteiger partial charge in [0.1, 0.15) is 4.90 Å². The van der Waals surface area contributed by atoms with Crippen molar-refractivity contribution in [3.63, 3.8) is 0 Å². The molecule has 1 aromatic carbocycles. The molecule has 19 heavy (non-hydrogen) atoms. The van der Waals surface area contributed by atoms with E-state index in [1.54, 1.807) is 13.0 Å². The molecule has 2 rings (SSSR count). The van der Waals surface area contributed by atoms with Crippen molar-refractivity contribution in [2.45, 2.75) is 25.2 Å². The third-order valence-electron chi connectivity index (χ3n) is 3.24. The van der Waals surface area contributed by atoms with Gasteiger partial charge in [0.25, 0.3) is 0 Å². The summed E-state index contributed by atoms with van der Waals surface area (Å²) < 4.78 is 26.6. The van der Waals surface area contributed by atoms with Crippen LogP contribution in [-0.2, 0) is 10.0 Å². The van der Waals surface area contributed by atoms with Crippen molar-refractivity contribution in [3.05, 3.63) is 34.4 Å². The molecule has 0 saturated heterocycles. The molecule has 0 radical (unpaired) electrons. The van der Waals surface area contributed by atoms with E-state index < -0.39 is 10.0 Å². The van der Waals surface area contributed by atoms with Gasteiger partial charge in [0, 0.05) is 18.8 Å². The Bertz CT molecular complexity index is 638. The van der Waals surface area contributed by atoms with Crippen molar-refractivity contribution in [2.75, 3.05) is 18.8 Å². The first-order valence-electron chi connectivity index (χ1n) is 6.04. The summed E-state index contributed by atoms with van der Waals surface area (Å²) in [5.41, 5.74) is 8.05. The number of nitrogens with zero attached hydrogens (tertiary/aromatic N) is 1. The smallest absolute Gasteiger partial charge is 0.244 e. The van der Waals surface area contributed by atoms with Crippen LogP contribution in [0.4, 0.5) is 5.69 Å². The maximum Gasteiger partial charge on any atom is 0.244 e. The summed E-state index contributed by atoms with van der Waals surface area (Å²) in [4.78, 5) is 0.0898. The fraction of sp³-hybridized carbons (Fsp3) is 0.385. The van der Waals surface area contributed by atoms with Crippen LogP contribution >= 0.6 is 11.6 Å². The molecule has 0 amide bonds. The molecule has 6 heteroatoms. The van der Waals surface area contributed by atoms with Crippen molar-refractivity contribution in [1.82, 2.24) is 4.31 Å². The first kappa shape index (κ1) is 14.4. The van der Waals surface area contributed by atoms with E-state index in [-0.39, 0.29) is 9.92 Å². The minimum atomic E-state index is -3.58. The number of sulfonamides is 1. The fourth-order valence-electron chi connectivity index (χ4n) is 2.09. The number of nitrogens with two attached hydrogens (primary N) is 1. The van der Waals surface area contributed by atoms with Gasteiger partial charge < -0.3 is 5.73 Å². The van der Waals surface area contributed by atoms with Crippen LogP contribution in [0.2, 0.25) is 5.02 Å². The number of hydrogen-bond acceptors (Lipinski definition) is 3. The van der Waals surface area contributed by atoms with Crippen molar-refractivity contribution >= 4 is 27.3 Å². The minimum Gasteiger partial charge on any atom is -0.398 e. The van der Waals surface area contributed by atoms with Gasteiger partial charge in [-0.15, -0.1) is 0 Å². The number of hydrogen-bond donors (Lipinski definition) is 1. The zero-order valence-electron chi connectivity index (χ0n) is 11.0. The zero-order valence-corrected chi connectivity index (χ0v) is 12.6. The van der Waals surface area contributed by atoms with Gasteiger partial charge in [0.15, 0.2) is 0 Å². The SMILES string of the molecule is CC1=CCCN(S(=O)(=O)c2cc(N)c(C)cc2Cl)C1. The zero-order chi connectivity index (χ0) is 14.2. The summed E-state index contributed by atoms with van der Waals surface area (Å²) in [6.45, 7) is 4.61. The summed E-state index contributed by atoms with van der Waals surface area (Å²) in [6, 6.07) is 3.04. The normalized spacial score (nSPS) is 17.3. The van der Waals surface area contributed by atoms with Crippen LogP contribution in [0.3, 0.4) is 0 Å². The van der Waals surface area contributed by atoms with Gasteiger partial charge in [-0.3, -0.25) is 0 Å². The molecule has 0 aliphatic carbocycles. The standard InChI is InChI=1S/C13H17ClN2O2S/c1-9-4-3-5-16(8-9)19(17,18)13-7-12(15)10(2)6-11(13)14/h4,6-7H,3,5,8,15H2,1-2H3. The first-order valence-corrected chi connectivity index (χ1v) is 7.85. The maximum atomic E-state index is 12.6. The topological polar surface area (TPSA) is 63.4 Å². The molecule has 1 aromatic rings. The minimum absolute atomic E-state index is 0.0898. The largest absolute Gasteiger partial charge is 0.398 e. The Labute approximate surface area is 118 Å². The van der Waals surface area contributed by atoms with E-state index in [1.807, 2.05) is 6.92 Å². The van der Waals surface area contributed by atoms with Crippen molar-refractivity contribution in [3.8, 4) is 0 Å². The molecule has 1 aliphatic heterocycles. The molecule has 2 N–H and O–H groups in total. The molecule has 0 aromatic heterocycles. The quantitative estimate of drug-likeness (QED) is 0.674. The monoisotopic (exact) mass is 300 g/mol. The highest BCUT2D eigenvalue weighted by Gasteiger charge is 2.28. The fourth-order valence-corrected chi connectivity index (χ4v) is 4.18. The van der Waals surface area contributed by atoms with Crippen LogP contribution in [0.25, 0.3) is 0 Å². The molecule has 0 unspecified atom stereocenters. The molecule has 104 valence electrons. The molecule has 0 spiro atoms. The summed E-state index contributed by atoms with van der Waals surface area (Å²) >= 11 is 6.07. The van der Waals surface area contributed by atoms with Gasteiger partial charge in [-0.2, -0.15) is 4.31 Å². The second kappa shape index (κ2) is 5.15. The predicted molar refractivity (Wildman–Crippen MR) is 77.7 cm³/mol. The number of aryl methyl sites for hydroxylation is 1. The van der Waals surface area contributed by atoms with Crippen LogP contribution in [-0.4, -0.2) is 25.8 Å². The number of halogens is 1. The Kier molecular flexibility index (Phi) is 3.90. The highest BCUT2D eigenvalue weighted by atomic mass is 35.5. The van der Waals surface area contributed by atoms with Gasteiger partial charge in [0.2, 0.25) is 10.0 Å². The van der Waals surface area contributed by atoms with Crippen molar-refractivity contribution in [1.29, 1.82) is 0 Å². The van der Waals surface area contributed by atoms with Crippen LogP contribution in [0.1, 0.15) is 18.9 Å². The molecule has 4 nitrogen and oxygen atoms in total. The summed E-state index contributed by atoms with van der Waals surface area (Å²) in [5.74, 6) is 0. The van der Waals surface area contributed by atoms with Gasteiger partial charge in [-0.25, -0.2) is 8.42 Å². The van der Waals surface area contributed by atoms with Crippen molar-refractivity contribution in [2.24, 2.45) is 0 Å². The highest BCUT2D eigenvalue weighted by molar-refractivity contribution is 7.89. The number of nitrogen functional groups attached to an aromatic ring is 1. The summed E-state index contributed by atoms with van der Waals surface area (Å²) in [7, 11) is -3.58. The highest BCUT2D eigenvalue weighted by Crippen LogP contribution is 2.30. The van der Waals surface area contributed by atoms with Gasteiger partial charge >= 0.3 is 0 Å². The molecule has 1 aliphatic rings. The maximum absolute atomic E-state index is 12.6. The van der Waals surface area contributed by atoms with E-state index in [4.69, 9.17) is 17.3 Å². The van der Waals surface area contributed by atoms with Gasteiger partial charge in [-0.1, -0.05) is 23.3 Å². The second-order valence-electron chi connectivity index (χ2n) is 4.82. The third-order valence-corrected chi connectivity index (χ3v) is 5.55. The van der Waals surface area contributed by atoms with Crippen LogP contribution in [0, 0.1) is 6.92 Å². The number of anilines is 1. The lowest BCUT2D eigenvalue weighted by Gasteiger charge is -2.26. The predicted octanol–water partition coefficient (Wildman–Crippen LogP) is 2.57. The van der Waals surface area contributed by atoms with Gasteiger partial charge in [-0.05, 0) is 38.0 Å². The van der Waals surface area contributed by atoms with Gasteiger partial charge in [0.05, 0.1) is 5.02 Å². The second-order valence-corrected chi connectivity index (χ2v) is 7.13. The Balaban J connectivity index is 2.45. The van der Waals surface area contributed by atoms with Crippen LogP contribution in [0.5, 0.6) is 0 Å². The van der Waals surface area contributed by atoms with E-state index in [0.29, 0.717) is 18.8 Å². The molecular weight excluding hydrogens is 284 g/mol. The lowest BCUT2D eigenvalue weighted by atomic mass is 10.2. The molecule has 0 fully saturated rings. The lowest BCUT2D eigenvalue weighted by Crippen LogP contribution is -2.35. The molecule has 0 bridgehead atoms. The Morgan fingerprint density at radius 1 is 1.32 bits per heavy atom. The molecule has 0 saturated carbocycles. The lowest BCUT2D eigenvalue weighted by molar-refractivity contribution is 0.428. The average Bonchev–Trinajstić information content (AvgIpc) is 2.33. The number of rotatable bonds is 2. The molecular formula is C13H17ClN2O2S. The first-order chi connectivity index (χ1) is 8.82. The molecule has 1 heterocycles. The summed E-state index contributed by atoms with van der Waals surface area (Å²) in [6.07, 6.45) is 2.78. The van der Waals surface area contributed by atoms with E-state index in [9.17, 15) is 8.42 Å².